The van der Waals surface area contributed by atoms with Crippen LogP contribution in [0.1, 0.15) is 31.0 Å². The van der Waals surface area contributed by atoms with E-state index in [-0.39, 0.29) is 17.7 Å². The van der Waals surface area contributed by atoms with Crippen LogP contribution < -0.4 is 5.32 Å². The van der Waals surface area contributed by atoms with Crippen LogP contribution in [-0.2, 0) is 11.3 Å². The van der Waals surface area contributed by atoms with Gasteiger partial charge in [-0.05, 0) is 44.5 Å². The predicted molar refractivity (Wildman–Crippen MR) is 120 cm³/mol. The van der Waals surface area contributed by atoms with Crippen molar-refractivity contribution in [3.63, 3.8) is 0 Å². The van der Waals surface area contributed by atoms with E-state index in [1.807, 2.05) is 49.6 Å². The first-order chi connectivity index (χ1) is 13.9. The summed E-state index contributed by atoms with van der Waals surface area (Å²) < 4.78 is 2.02. The van der Waals surface area contributed by atoms with E-state index in [2.05, 4.69) is 21.6 Å². The van der Waals surface area contributed by atoms with E-state index >= 15 is 0 Å². The highest BCUT2D eigenvalue weighted by Crippen LogP contribution is 2.27. The molecule has 0 fully saturated rings. The minimum absolute atomic E-state index is 0.0867. The third-order valence-electron chi connectivity index (χ3n) is 4.46. The molecule has 0 aliphatic heterocycles. The summed E-state index contributed by atoms with van der Waals surface area (Å²) in [7, 11) is 0. The zero-order chi connectivity index (χ0) is 21.0. The Balaban J connectivity index is 1.65. The Labute approximate surface area is 184 Å². The lowest BCUT2D eigenvalue weighted by Gasteiger charge is -2.15. The van der Waals surface area contributed by atoms with Gasteiger partial charge in [0.25, 0.3) is 0 Å². The molecule has 29 heavy (non-hydrogen) atoms. The van der Waals surface area contributed by atoms with Crippen molar-refractivity contribution >= 4 is 40.9 Å². The van der Waals surface area contributed by atoms with Crippen LogP contribution in [0.5, 0.6) is 0 Å². The van der Waals surface area contributed by atoms with E-state index in [9.17, 15) is 4.79 Å². The van der Waals surface area contributed by atoms with Crippen LogP contribution >= 0.6 is 35.0 Å². The Hall–Kier alpha value is -2.02. The van der Waals surface area contributed by atoms with Gasteiger partial charge in [-0.2, -0.15) is 0 Å². The Morgan fingerprint density at radius 3 is 2.66 bits per heavy atom. The Morgan fingerprint density at radius 2 is 1.97 bits per heavy atom. The molecule has 0 bridgehead atoms. The van der Waals surface area contributed by atoms with Crippen LogP contribution in [0.15, 0.2) is 47.6 Å². The van der Waals surface area contributed by atoms with Gasteiger partial charge in [-0.1, -0.05) is 64.8 Å². The van der Waals surface area contributed by atoms with Crippen LogP contribution in [0.25, 0.3) is 11.4 Å². The highest BCUT2D eigenvalue weighted by molar-refractivity contribution is 7.99. The summed E-state index contributed by atoms with van der Waals surface area (Å²) in [4.78, 5) is 12.4. The van der Waals surface area contributed by atoms with E-state index < -0.39 is 0 Å². The van der Waals surface area contributed by atoms with Crippen LogP contribution in [-0.4, -0.2) is 26.4 Å². The topological polar surface area (TPSA) is 59.8 Å². The molecule has 1 N–H and O–H groups in total. The van der Waals surface area contributed by atoms with Crippen molar-refractivity contribution in [1.82, 2.24) is 20.1 Å². The lowest BCUT2D eigenvalue weighted by atomic mass is 10.1. The number of nitrogens with one attached hydrogen (secondary N) is 1. The van der Waals surface area contributed by atoms with Gasteiger partial charge in [0.2, 0.25) is 5.91 Å². The van der Waals surface area contributed by atoms with E-state index in [1.165, 1.54) is 11.8 Å². The highest BCUT2D eigenvalue weighted by atomic mass is 35.5. The molecule has 3 rings (SSSR count). The quantitative estimate of drug-likeness (QED) is 0.481. The molecule has 0 radical (unpaired) electrons. The number of aryl methyl sites for hydroxylation is 1. The lowest BCUT2D eigenvalue weighted by molar-refractivity contribution is -0.119. The molecule has 3 aromatic rings. The van der Waals surface area contributed by atoms with E-state index in [4.69, 9.17) is 23.2 Å². The number of hydrogen-bond donors (Lipinski definition) is 1. The number of rotatable bonds is 7. The first-order valence-corrected chi connectivity index (χ1v) is 11.0. The van der Waals surface area contributed by atoms with Crippen LogP contribution in [0, 0.1) is 6.92 Å². The van der Waals surface area contributed by atoms with E-state index in [1.54, 1.807) is 12.1 Å². The monoisotopic (exact) mass is 448 g/mol. The van der Waals surface area contributed by atoms with Crippen molar-refractivity contribution in [2.75, 3.05) is 5.75 Å². The fraction of sp³-hybridized carbons (Fsp3) is 0.286. The second-order valence-corrected chi connectivity index (χ2v) is 8.43. The molecule has 0 aliphatic carbocycles. The summed E-state index contributed by atoms with van der Waals surface area (Å²) in [6.45, 7) is 6.72. The fourth-order valence-corrected chi connectivity index (χ4v) is 4.08. The molecule has 152 valence electrons. The number of carbonyl (C=O) groups excluding carboxylic acids is 1. The molecule has 1 heterocycles. The standard InChI is InChI=1S/C21H22Cl2N4OS/c1-4-27-20(16-7-5-6-13(2)10-16)25-26-21(27)29-12-19(28)24-14(3)15-8-9-17(22)18(23)11-15/h5-11,14H,4,12H2,1-3H3,(H,24,28). The summed E-state index contributed by atoms with van der Waals surface area (Å²) in [5, 5.41) is 13.3. The smallest absolute Gasteiger partial charge is 0.230 e. The first-order valence-electron chi connectivity index (χ1n) is 9.26. The molecule has 0 saturated carbocycles. The lowest BCUT2D eigenvalue weighted by Crippen LogP contribution is -2.28. The van der Waals surface area contributed by atoms with Gasteiger partial charge in [-0.15, -0.1) is 10.2 Å². The third-order valence-corrected chi connectivity index (χ3v) is 6.17. The molecule has 1 atom stereocenters. The minimum Gasteiger partial charge on any atom is -0.349 e. The number of benzene rings is 2. The van der Waals surface area contributed by atoms with Gasteiger partial charge < -0.3 is 9.88 Å². The number of hydrogen-bond acceptors (Lipinski definition) is 4. The number of halogens is 2. The second-order valence-electron chi connectivity index (χ2n) is 6.67. The van der Waals surface area contributed by atoms with Crippen molar-refractivity contribution in [1.29, 1.82) is 0 Å². The van der Waals surface area contributed by atoms with Gasteiger partial charge >= 0.3 is 0 Å². The SMILES string of the molecule is CCn1c(SCC(=O)NC(C)c2ccc(Cl)c(Cl)c2)nnc1-c1cccc(C)c1. The minimum atomic E-state index is -0.176. The largest absolute Gasteiger partial charge is 0.349 e. The average Bonchev–Trinajstić information content (AvgIpc) is 3.11. The van der Waals surface area contributed by atoms with Crippen LogP contribution in [0.4, 0.5) is 0 Å². The molecule has 1 aromatic heterocycles. The predicted octanol–water partition coefficient (Wildman–Crippen LogP) is 5.55. The van der Waals surface area contributed by atoms with Gasteiger partial charge in [0, 0.05) is 12.1 Å². The van der Waals surface area contributed by atoms with Crippen molar-refractivity contribution < 1.29 is 4.79 Å². The first kappa shape index (κ1) is 21.7. The fourth-order valence-electron chi connectivity index (χ4n) is 2.96. The van der Waals surface area contributed by atoms with E-state index in [0.717, 1.165) is 34.2 Å². The number of carbonyl (C=O) groups is 1. The molecule has 1 amide bonds. The van der Waals surface area contributed by atoms with Crippen molar-refractivity contribution in [3.8, 4) is 11.4 Å². The number of thioether (sulfide) groups is 1. The molecular formula is C21H22Cl2N4OS. The molecule has 1 unspecified atom stereocenters. The summed E-state index contributed by atoms with van der Waals surface area (Å²) in [6.07, 6.45) is 0. The maximum atomic E-state index is 12.4. The molecule has 0 saturated heterocycles. The molecule has 5 nitrogen and oxygen atoms in total. The maximum absolute atomic E-state index is 12.4. The van der Waals surface area contributed by atoms with Crippen LogP contribution in [0.3, 0.4) is 0 Å². The van der Waals surface area contributed by atoms with Crippen molar-refractivity contribution in [2.45, 2.75) is 38.5 Å². The zero-order valence-corrected chi connectivity index (χ0v) is 18.8. The molecule has 0 spiro atoms. The molecule has 0 aliphatic rings. The van der Waals surface area contributed by atoms with E-state index in [0.29, 0.717) is 10.0 Å². The Bertz CT molecular complexity index is 1020. The van der Waals surface area contributed by atoms with Gasteiger partial charge in [0.15, 0.2) is 11.0 Å². The summed E-state index contributed by atoms with van der Waals surface area (Å²) in [6, 6.07) is 13.3. The van der Waals surface area contributed by atoms with Gasteiger partial charge in [0.1, 0.15) is 0 Å². The number of nitrogens with zero attached hydrogens (tertiary/aromatic N) is 3. The maximum Gasteiger partial charge on any atom is 0.230 e. The molecule has 8 heteroatoms. The Kier molecular flexibility index (Phi) is 7.22. The van der Waals surface area contributed by atoms with Crippen molar-refractivity contribution in [2.24, 2.45) is 0 Å². The second kappa shape index (κ2) is 9.65. The normalized spacial score (nSPS) is 12.0. The van der Waals surface area contributed by atoms with Crippen LogP contribution in [0.2, 0.25) is 10.0 Å². The number of aromatic nitrogens is 3. The highest BCUT2D eigenvalue weighted by Gasteiger charge is 2.16. The summed E-state index contributed by atoms with van der Waals surface area (Å²) in [5.41, 5.74) is 3.08. The van der Waals surface area contributed by atoms with Gasteiger partial charge in [-0.3, -0.25) is 4.79 Å². The Morgan fingerprint density at radius 1 is 1.17 bits per heavy atom. The zero-order valence-electron chi connectivity index (χ0n) is 16.4. The summed E-state index contributed by atoms with van der Waals surface area (Å²) in [5.74, 6) is 0.969. The van der Waals surface area contributed by atoms with Gasteiger partial charge in [0.05, 0.1) is 21.8 Å². The third kappa shape index (κ3) is 5.32. The molecule has 2 aromatic carbocycles. The van der Waals surface area contributed by atoms with Crippen molar-refractivity contribution in [3.05, 3.63) is 63.6 Å². The number of amides is 1. The van der Waals surface area contributed by atoms with Gasteiger partial charge in [-0.25, -0.2) is 0 Å². The summed E-state index contributed by atoms with van der Waals surface area (Å²) >= 11 is 13.4. The average molecular weight is 449 g/mol. The molecular weight excluding hydrogens is 427 g/mol.